The lowest BCUT2D eigenvalue weighted by Gasteiger charge is -2.37. The van der Waals surface area contributed by atoms with E-state index >= 15 is 0 Å². The van der Waals surface area contributed by atoms with E-state index in [0.29, 0.717) is 13.1 Å². The van der Waals surface area contributed by atoms with E-state index in [-0.39, 0.29) is 5.78 Å². The van der Waals surface area contributed by atoms with E-state index in [9.17, 15) is 9.59 Å². The maximum absolute atomic E-state index is 11.3. The molecule has 0 radical (unpaired) electrons. The van der Waals surface area contributed by atoms with Crippen LogP contribution in [0.2, 0.25) is 0 Å². The van der Waals surface area contributed by atoms with Crippen LogP contribution in [0.25, 0.3) is 0 Å². The quantitative estimate of drug-likeness (QED) is 0.671. The normalized spacial score (nSPS) is 28.6. The lowest BCUT2D eigenvalue weighted by atomic mass is 9.79. The highest BCUT2D eigenvalue weighted by molar-refractivity contribution is 5.83. The van der Waals surface area contributed by atoms with Gasteiger partial charge in [-0.25, -0.2) is 4.79 Å². The topological polar surface area (TPSA) is 57.6 Å². The molecule has 1 rings (SSSR count). The van der Waals surface area contributed by atoms with Gasteiger partial charge in [-0.2, -0.15) is 0 Å². The van der Waals surface area contributed by atoms with Crippen molar-refractivity contribution in [2.24, 2.45) is 5.41 Å². The average Bonchev–Trinajstić information content (AvgIpc) is 2.04. The predicted molar refractivity (Wildman–Crippen MR) is 47.6 cm³/mol. The van der Waals surface area contributed by atoms with Crippen molar-refractivity contribution < 1.29 is 14.7 Å². The minimum atomic E-state index is -0.924. The molecular weight excluding hydrogens is 170 g/mol. The van der Waals surface area contributed by atoms with Gasteiger partial charge in [-0.15, -0.1) is 0 Å². The summed E-state index contributed by atoms with van der Waals surface area (Å²) in [5, 5.41) is 8.77. The van der Waals surface area contributed by atoms with Gasteiger partial charge in [0.1, 0.15) is 5.78 Å². The molecule has 0 bridgehead atoms. The van der Waals surface area contributed by atoms with Crippen molar-refractivity contribution in [2.75, 3.05) is 13.1 Å². The highest BCUT2D eigenvalue weighted by Crippen LogP contribution is 2.30. The minimum absolute atomic E-state index is 0.0819. The number of rotatable bonds is 1. The Morgan fingerprint density at radius 3 is 2.54 bits per heavy atom. The molecule has 0 aliphatic carbocycles. The Morgan fingerprint density at radius 2 is 2.08 bits per heavy atom. The summed E-state index contributed by atoms with van der Waals surface area (Å²) in [6.45, 7) is 4.27. The second-order valence-electron chi connectivity index (χ2n) is 3.92. The van der Waals surface area contributed by atoms with Crippen LogP contribution >= 0.6 is 0 Å². The Morgan fingerprint density at radius 1 is 1.46 bits per heavy atom. The summed E-state index contributed by atoms with van der Waals surface area (Å²) in [6.07, 6.45) is 0.654. The average molecular weight is 185 g/mol. The third kappa shape index (κ3) is 1.99. The fraction of sp³-hybridized carbons (Fsp3) is 0.778. The largest absolute Gasteiger partial charge is 0.465 e. The van der Waals surface area contributed by atoms with E-state index in [0.717, 1.165) is 12.8 Å². The fourth-order valence-electron chi connectivity index (χ4n) is 1.69. The van der Waals surface area contributed by atoms with Gasteiger partial charge in [0.2, 0.25) is 0 Å². The molecule has 0 saturated carbocycles. The van der Waals surface area contributed by atoms with Gasteiger partial charge in [-0.1, -0.05) is 6.92 Å². The van der Waals surface area contributed by atoms with Gasteiger partial charge >= 0.3 is 6.09 Å². The maximum Gasteiger partial charge on any atom is 0.407 e. The van der Waals surface area contributed by atoms with Crippen LogP contribution in [-0.2, 0) is 4.79 Å². The van der Waals surface area contributed by atoms with E-state index in [1.165, 1.54) is 11.8 Å². The van der Waals surface area contributed by atoms with Crippen molar-refractivity contribution in [2.45, 2.75) is 26.7 Å². The Hall–Kier alpha value is -1.06. The molecule has 74 valence electrons. The fourth-order valence-corrected chi connectivity index (χ4v) is 1.69. The molecule has 13 heavy (non-hydrogen) atoms. The molecule has 1 saturated heterocycles. The molecule has 1 heterocycles. The molecule has 1 aliphatic rings. The highest BCUT2D eigenvalue weighted by atomic mass is 16.4. The molecule has 1 unspecified atom stereocenters. The number of carboxylic acid groups (broad SMARTS) is 1. The number of Topliss-reactive ketones (excluding diaryl/α,β-unsaturated/α-hetero) is 1. The molecule has 1 aliphatic heterocycles. The van der Waals surface area contributed by atoms with Gasteiger partial charge in [0.25, 0.3) is 0 Å². The van der Waals surface area contributed by atoms with Crippen molar-refractivity contribution in [3.8, 4) is 0 Å². The molecule has 4 heteroatoms. The van der Waals surface area contributed by atoms with Crippen molar-refractivity contribution in [1.29, 1.82) is 0 Å². The zero-order valence-corrected chi connectivity index (χ0v) is 8.04. The van der Waals surface area contributed by atoms with Gasteiger partial charge in [0.05, 0.1) is 0 Å². The number of hydrogen-bond acceptors (Lipinski definition) is 2. The third-order valence-electron chi connectivity index (χ3n) is 2.82. The first-order valence-corrected chi connectivity index (χ1v) is 4.45. The van der Waals surface area contributed by atoms with E-state index < -0.39 is 11.5 Å². The molecule has 1 fully saturated rings. The SMILES string of the molecule is CC(=O)C1(C)CCCN(C(=O)O)C1. The van der Waals surface area contributed by atoms with Gasteiger partial charge in [0, 0.05) is 18.5 Å². The van der Waals surface area contributed by atoms with Gasteiger partial charge in [0.15, 0.2) is 0 Å². The van der Waals surface area contributed by atoms with E-state index in [1.807, 2.05) is 6.92 Å². The standard InChI is InChI=1S/C9H15NO3/c1-7(11)9(2)4-3-5-10(6-9)8(12)13/h3-6H2,1-2H3,(H,12,13). The molecule has 1 amide bonds. The molecule has 1 N–H and O–H groups in total. The summed E-state index contributed by atoms with van der Waals surface area (Å²) in [5.74, 6) is 0.0819. The molecule has 4 nitrogen and oxygen atoms in total. The number of ketones is 1. The third-order valence-corrected chi connectivity index (χ3v) is 2.82. The van der Waals surface area contributed by atoms with Crippen molar-refractivity contribution in [3.05, 3.63) is 0 Å². The second kappa shape index (κ2) is 3.36. The van der Waals surface area contributed by atoms with Crippen LogP contribution in [-0.4, -0.2) is 35.0 Å². The van der Waals surface area contributed by atoms with Crippen LogP contribution in [0.3, 0.4) is 0 Å². The lowest BCUT2D eigenvalue weighted by molar-refractivity contribution is -0.128. The summed E-state index contributed by atoms with van der Waals surface area (Å²) in [6, 6.07) is 0. The number of carbonyl (C=O) groups excluding carboxylic acids is 1. The summed E-state index contributed by atoms with van der Waals surface area (Å²) >= 11 is 0. The van der Waals surface area contributed by atoms with E-state index in [4.69, 9.17) is 5.11 Å². The summed E-state index contributed by atoms with van der Waals surface area (Å²) in [4.78, 5) is 23.3. The smallest absolute Gasteiger partial charge is 0.407 e. The maximum atomic E-state index is 11.3. The van der Waals surface area contributed by atoms with Crippen molar-refractivity contribution in [1.82, 2.24) is 4.90 Å². The number of carbonyl (C=O) groups is 2. The van der Waals surface area contributed by atoms with Gasteiger partial charge < -0.3 is 10.0 Å². The summed E-state index contributed by atoms with van der Waals surface area (Å²) in [5.41, 5.74) is -0.462. The van der Waals surface area contributed by atoms with E-state index in [2.05, 4.69) is 0 Å². The summed E-state index contributed by atoms with van der Waals surface area (Å²) < 4.78 is 0. The number of amides is 1. The highest BCUT2D eigenvalue weighted by Gasteiger charge is 2.36. The van der Waals surface area contributed by atoms with Crippen LogP contribution in [0, 0.1) is 5.41 Å². The molecular formula is C9H15NO3. The number of likely N-dealkylation sites (tertiary alicyclic amines) is 1. The Labute approximate surface area is 77.5 Å². The van der Waals surface area contributed by atoms with Crippen LogP contribution in [0.1, 0.15) is 26.7 Å². The molecule has 0 spiro atoms. The Bertz CT molecular complexity index is 239. The summed E-state index contributed by atoms with van der Waals surface area (Å²) in [7, 11) is 0. The zero-order valence-electron chi connectivity index (χ0n) is 8.04. The van der Waals surface area contributed by atoms with Crippen LogP contribution in [0.4, 0.5) is 4.79 Å². The van der Waals surface area contributed by atoms with Gasteiger partial charge in [-0.3, -0.25) is 4.79 Å². The Balaban J connectivity index is 2.71. The molecule has 1 atom stereocenters. The molecule has 0 aromatic heterocycles. The zero-order chi connectivity index (χ0) is 10.1. The molecule has 0 aromatic rings. The predicted octanol–water partition coefficient (Wildman–Crippen LogP) is 1.36. The Kier molecular flexibility index (Phi) is 2.59. The van der Waals surface area contributed by atoms with Crippen molar-refractivity contribution >= 4 is 11.9 Å². The number of hydrogen-bond donors (Lipinski definition) is 1. The first-order chi connectivity index (χ1) is 5.96. The van der Waals surface area contributed by atoms with Gasteiger partial charge in [-0.05, 0) is 19.8 Å². The minimum Gasteiger partial charge on any atom is -0.465 e. The van der Waals surface area contributed by atoms with Crippen LogP contribution < -0.4 is 0 Å². The van der Waals surface area contributed by atoms with Crippen molar-refractivity contribution in [3.63, 3.8) is 0 Å². The lowest BCUT2D eigenvalue weighted by Crippen LogP contribution is -2.47. The van der Waals surface area contributed by atoms with E-state index in [1.54, 1.807) is 0 Å². The van der Waals surface area contributed by atoms with Crippen LogP contribution in [0.5, 0.6) is 0 Å². The van der Waals surface area contributed by atoms with Crippen LogP contribution in [0.15, 0.2) is 0 Å². The molecule has 0 aromatic carbocycles. The second-order valence-corrected chi connectivity index (χ2v) is 3.92. The number of nitrogens with zero attached hydrogens (tertiary/aromatic N) is 1. The number of piperidine rings is 1. The first-order valence-electron chi connectivity index (χ1n) is 4.45. The first kappa shape index (κ1) is 10.0. The monoisotopic (exact) mass is 185 g/mol.